The van der Waals surface area contributed by atoms with E-state index in [0.29, 0.717) is 13.2 Å². The van der Waals surface area contributed by atoms with Crippen LogP contribution in [0.1, 0.15) is 32.1 Å². The van der Waals surface area contributed by atoms with Crippen molar-refractivity contribution in [3.8, 4) is 0 Å². The van der Waals surface area contributed by atoms with Crippen LogP contribution < -0.4 is 4.72 Å². The first kappa shape index (κ1) is 12.3. The lowest BCUT2D eigenvalue weighted by atomic mass is 9.94. The van der Waals surface area contributed by atoms with Crippen molar-refractivity contribution in [2.24, 2.45) is 0 Å². The van der Waals surface area contributed by atoms with Crippen LogP contribution in [0.4, 0.5) is 0 Å². The van der Waals surface area contributed by atoms with Gasteiger partial charge < -0.3 is 9.47 Å². The zero-order valence-electron chi connectivity index (χ0n) is 9.57. The van der Waals surface area contributed by atoms with Gasteiger partial charge in [-0.3, -0.25) is 0 Å². The van der Waals surface area contributed by atoms with E-state index < -0.39 is 15.8 Å². The summed E-state index contributed by atoms with van der Waals surface area (Å²) in [5.74, 6) is -0.415. The summed E-state index contributed by atoms with van der Waals surface area (Å²) in [6.45, 7) is 0.795. The van der Waals surface area contributed by atoms with E-state index in [0.717, 1.165) is 31.9 Å². The molecule has 6 heteroatoms. The first-order valence-corrected chi connectivity index (χ1v) is 7.65. The zero-order valence-corrected chi connectivity index (χ0v) is 10.4. The van der Waals surface area contributed by atoms with Crippen LogP contribution in [0, 0.1) is 0 Å². The summed E-state index contributed by atoms with van der Waals surface area (Å²) < 4.78 is 35.9. The van der Waals surface area contributed by atoms with Gasteiger partial charge in [0.1, 0.15) is 0 Å². The molecule has 0 amide bonds. The molecule has 1 atom stereocenters. The minimum absolute atomic E-state index is 0.146. The molecule has 1 heterocycles. The molecule has 16 heavy (non-hydrogen) atoms. The molecule has 0 unspecified atom stereocenters. The van der Waals surface area contributed by atoms with E-state index in [2.05, 4.69) is 4.72 Å². The Morgan fingerprint density at radius 2 is 2.00 bits per heavy atom. The van der Waals surface area contributed by atoms with Gasteiger partial charge in [0.05, 0.1) is 19.0 Å². The van der Waals surface area contributed by atoms with Crippen LogP contribution in [0.3, 0.4) is 0 Å². The summed E-state index contributed by atoms with van der Waals surface area (Å²) in [4.78, 5) is 0. The van der Waals surface area contributed by atoms with Crippen LogP contribution >= 0.6 is 0 Å². The van der Waals surface area contributed by atoms with E-state index in [1.54, 1.807) is 0 Å². The Bertz CT molecular complexity index is 335. The Labute approximate surface area is 96.5 Å². The minimum Gasteiger partial charge on any atom is -0.347 e. The molecule has 1 N–H and O–H groups in total. The molecule has 1 aliphatic carbocycles. The third kappa shape index (κ3) is 3.16. The van der Waals surface area contributed by atoms with Gasteiger partial charge >= 0.3 is 0 Å². The van der Waals surface area contributed by atoms with E-state index in [1.807, 2.05) is 0 Å². The highest BCUT2D eigenvalue weighted by Gasteiger charge is 2.42. The van der Waals surface area contributed by atoms with Crippen molar-refractivity contribution < 1.29 is 17.9 Å². The lowest BCUT2D eigenvalue weighted by Gasteiger charge is -2.31. The Balaban J connectivity index is 1.83. The normalized spacial score (nSPS) is 29.7. The fourth-order valence-electron chi connectivity index (χ4n) is 2.31. The Hall–Kier alpha value is -0.170. The van der Waals surface area contributed by atoms with Crippen molar-refractivity contribution >= 4 is 10.0 Å². The molecule has 0 aromatic rings. The summed E-state index contributed by atoms with van der Waals surface area (Å²) >= 11 is 0. The van der Waals surface area contributed by atoms with Gasteiger partial charge in [-0.2, -0.15) is 0 Å². The third-order valence-electron chi connectivity index (χ3n) is 3.10. The van der Waals surface area contributed by atoms with E-state index in [-0.39, 0.29) is 6.10 Å². The molecule has 0 aromatic heterocycles. The first-order chi connectivity index (χ1) is 7.49. The molecular weight excluding hydrogens is 230 g/mol. The number of hydrogen-bond donors (Lipinski definition) is 1. The predicted molar refractivity (Wildman–Crippen MR) is 59.5 cm³/mol. The summed E-state index contributed by atoms with van der Waals surface area (Å²) in [6, 6.07) is 0. The number of sulfonamides is 1. The largest absolute Gasteiger partial charge is 0.347 e. The monoisotopic (exact) mass is 249 g/mol. The molecule has 5 nitrogen and oxygen atoms in total. The molecule has 1 aliphatic heterocycles. The summed E-state index contributed by atoms with van der Waals surface area (Å²) in [6.07, 6.45) is 6.37. The highest BCUT2D eigenvalue weighted by Crippen LogP contribution is 2.37. The second-order valence-electron chi connectivity index (χ2n) is 4.64. The number of rotatable bonds is 3. The molecule has 2 fully saturated rings. The van der Waals surface area contributed by atoms with E-state index in [9.17, 15) is 8.42 Å². The fourth-order valence-corrected chi connectivity index (χ4v) is 2.80. The molecule has 0 radical (unpaired) electrons. The van der Waals surface area contributed by atoms with Gasteiger partial charge in [0, 0.05) is 19.4 Å². The highest BCUT2D eigenvalue weighted by atomic mass is 32.2. The predicted octanol–water partition coefficient (Wildman–Crippen LogP) is 0.611. The Morgan fingerprint density at radius 3 is 2.62 bits per heavy atom. The van der Waals surface area contributed by atoms with Crippen LogP contribution in [-0.4, -0.2) is 39.7 Å². The lowest BCUT2D eigenvalue weighted by molar-refractivity contribution is -0.186. The quantitative estimate of drug-likeness (QED) is 0.796. The molecule has 1 spiro atoms. The maximum Gasteiger partial charge on any atom is 0.208 e. The standard InChI is InChI=1S/C10H19NO4S/c1-16(12,13)11-7-9-8-14-10(15-9)5-3-2-4-6-10/h9,11H,2-8H2,1H3/t9-/m0/s1. The molecule has 0 bridgehead atoms. The van der Waals surface area contributed by atoms with E-state index >= 15 is 0 Å². The van der Waals surface area contributed by atoms with Crippen molar-refractivity contribution in [1.29, 1.82) is 0 Å². The zero-order chi connectivity index (χ0) is 11.6. The van der Waals surface area contributed by atoms with Gasteiger partial charge in [-0.05, 0) is 12.8 Å². The second-order valence-corrected chi connectivity index (χ2v) is 6.48. The van der Waals surface area contributed by atoms with Crippen LogP contribution in [0.2, 0.25) is 0 Å². The molecule has 2 aliphatic rings. The summed E-state index contributed by atoms with van der Waals surface area (Å²) in [5.41, 5.74) is 0. The smallest absolute Gasteiger partial charge is 0.208 e. The average molecular weight is 249 g/mol. The second kappa shape index (κ2) is 4.60. The van der Waals surface area contributed by atoms with E-state index in [4.69, 9.17) is 9.47 Å². The van der Waals surface area contributed by atoms with Gasteiger partial charge in [0.25, 0.3) is 0 Å². The van der Waals surface area contributed by atoms with Crippen molar-refractivity contribution in [2.75, 3.05) is 19.4 Å². The van der Waals surface area contributed by atoms with Crippen LogP contribution in [0.15, 0.2) is 0 Å². The molecule has 94 valence electrons. The molecule has 2 rings (SSSR count). The Morgan fingerprint density at radius 1 is 1.31 bits per heavy atom. The van der Waals surface area contributed by atoms with Gasteiger partial charge in [-0.15, -0.1) is 0 Å². The van der Waals surface area contributed by atoms with Crippen LogP contribution in [0.5, 0.6) is 0 Å². The van der Waals surface area contributed by atoms with Crippen molar-refractivity contribution in [3.63, 3.8) is 0 Å². The third-order valence-corrected chi connectivity index (χ3v) is 3.79. The van der Waals surface area contributed by atoms with Crippen molar-refractivity contribution in [2.45, 2.75) is 44.0 Å². The van der Waals surface area contributed by atoms with Crippen molar-refractivity contribution in [3.05, 3.63) is 0 Å². The number of nitrogens with one attached hydrogen (secondary N) is 1. The van der Waals surface area contributed by atoms with Crippen molar-refractivity contribution in [1.82, 2.24) is 4.72 Å². The summed E-state index contributed by atoms with van der Waals surface area (Å²) in [5, 5.41) is 0. The maximum atomic E-state index is 10.9. The van der Waals surface area contributed by atoms with Gasteiger partial charge in [0.2, 0.25) is 10.0 Å². The number of ether oxygens (including phenoxy) is 2. The van der Waals surface area contributed by atoms with Gasteiger partial charge in [-0.25, -0.2) is 13.1 Å². The van der Waals surface area contributed by atoms with Gasteiger partial charge in [0.15, 0.2) is 5.79 Å². The van der Waals surface area contributed by atoms with Crippen LogP contribution in [0.25, 0.3) is 0 Å². The first-order valence-electron chi connectivity index (χ1n) is 5.76. The summed E-state index contributed by atoms with van der Waals surface area (Å²) in [7, 11) is -3.14. The van der Waals surface area contributed by atoms with E-state index in [1.165, 1.54) is 6.42 Å². The van der Waals surface area contributed by atoms with Gasteiger partial charge in [-0.1, -0.05) is 6.42 Å². The molecular formula is C10H19NO4S. The topological polar surface area (TPSA) is 64.6 Å². The lowest BCUT2D eigenvalue weighted by Crippen LogP contribution is -2.36. The number of hydrogen-bond acceptors (Lipinski definition) is 4. The SMILES string of the molecule is CS(=O)(=O)NC[C@H]1COC2(CCCCC2)O1. The molecule has 0 aromatic carbocycles. The highest BCUT2D eigenvalue weighted by molar-refractivity contribution is 7.88. The maximum absolute atomic E-state index is 10.9. The fraction of sp³-hybridized carbons (Fsp3) is 1.00. The Kier molecular flexibility index (Phi) is 3.53. The van der Waals surface area contributed by atoms with Crippen LogP contribution in [-0.2, 0) is 19.5 Å². The minimum atomic E-state index is -3.14. The molecule has 1 saturated carbocycles. The average Bonchev–Trinajstić information content (AvgIpc) is 2.59. The molecule has 1 saturated heterocycles.